The number of benzene rings is 2. The zero-order valence-corrected chi connectivity index (χ0v) is 17.0. The zero-order chi connectivity index (χ0) is 20.2. The molecule has 29 heavy (non-hydrogen) atoms. The molecule has 4 rings (SSSR count). The van der Waals surface area contributed by atoms with Gasteiger partial charge in [0.05, 0.1) is 16.8 Å². The predicted molar refractivity (Wildman–Crippen MR) is 113 cm³/mol. The second-order valence-corrected chi connectivity index (χ2v) is 7.61. The van der Waals surface area contributed by atoms with Gasteiger partial charge in [-0.15, -0.1) is 0 Å². The number of anilines is 1. The molecular weight excluding hydrogens is 434 g/mol. The summed E-state index contributed by atoms with van der Waals surface area (Å²) in [5.41, 5.74) is 1.27. The molecule has 0 bridgehead atoms. The minimum absolute atomic E-state index is 0.181. The molecule has 146 valence electrons. The van der Waals surface area contributed by atoms with Crippen LogP contribution in [0.25, 0.3) is 0 Å². The largest absolute Gasteiger partial charge is 0.439 e. The Morgan fingerprint density at radius 3 is 2.55 bits per heavy atom. The number of ether oxygens (including phenoxy) is 1. The Morgan fingerprint density at radius 2 is 1.83 bits per heavy atom. The SMILES string of the molecule is O=C(Nc1ccccc1C(=O)NC1CC1)c1ccc(Oc2cccc(Br)c2)nc1. The van der Waals surface area contributed by atoms with Crippen molar-refractivity contribution in [1.29, 1.82) is 0 Å². The molecule has 0 saturated heterocycles. The summed E-state index contributed by atoms with van der Waals surface area (Å²) in [5.74, 6) is 0.487. The lowest BCUT2D eigenvalue weighted by atomic mass is 10.1. The molecule has 0 spiro atoms. The third-order valence-corrected chi connectivity index (χ3v) is 4.84. The van der Waals surface area contributed by atoms with Crippen molar-refractivity contribution in [3.63, 3.8) is 0 Å². The number of aromatic nitrogens is 1. The highest BCUT2D eigenvalue weighted by Gasteiger charge is 2.25. The number of halogens is 1. The lowest BCUT2D eigenvalue weighted by molar-refractivity contribution is 0.0952. The van der Waals surface area contributed by atoms with Crippen LogP contribution in [0, 0.1) is 0 Å². The molecule has 0 atom stereocenters. The van der Waals surface area contributed by atoms with Gasteiger partial charge in [-0.3, -0.25) is 9.59 Å². The van der Waals surface area contributed by atoms with Crippen LogP contribution < -0.4 is 15.4 Å². The van der Waals surface area contributed by atoms with Crippen molar-refractivity contribution in [3.8, 4) is 11.6 Å². The molecule has 1 aromatic heterocycles. The van der Waals surface area contributed by atoms with Gasteiger partial charge in [-0.05, 0) is 49.2 Å². The molecule has 1 heterocycles. The Hall–Kier alpha value is -3.19. The third-order valence-electron chi connectivity index (χ3n) is 4.35. The molecule has 0 radical (unpaired) electrons. The standard InChI is InChI=1S/C22H18BrN3O3/c23-15-4-3-5-17(12-15)29-20-11-8-14(13-24-20)21(27)26-19-7-2-1-6-18(19)22(28)25-16-9-10-16/h1-8,11-13,16H,9-10H2,(H,25,28)(H,26,27). The highest BCUT2D eigenvalue weighted by atomic mass is 79.9. The van der Waals surface area contributed by atoms with E-state index in [4.69, 9.17) is 4.74 Å². The number of nitrogens with one attached hydrogen (secondary N) is 2. The van der Waals surface area contributed by atoms with E-state index in [0.29, 0.717) is 28.4 Å². The topological polar surface area (TPSA) is 80.3 Å². The number of para-hydroxylation sites is 1. The third kappa shape index (κ3) is 5.00. The van der Waals surface area contributed by atoms with E-state index in [2.05, 4.69) is 31.5 Å². The molecule has 3 aromatic rings. The second-order valence-electron chi connectivity index (χ2n) is 6.69. The van der Waals surface area contributed by atoms with Crippen LogP contribution >= 0.6 is 15.9 Å². The van der Waals surface area contributed by atoms with E-state index in [1.807, 2.05) is 24.3 Å². The van der Waals surface area contributed by atoms with Gasteiger partial charge in [-0.25, -0.2) is 4.98 Å². The fourth-order valence-electron chi connectivity index (χ4n) is 2.70. The maximum absolute atomic E-state index is 12.6. The number of hydrogen-bond donors (Lipinski definition) is 2. The van der Waals surface area contributed by atoms with E-state index in [9.17, 15) is 9.59 Å². The van der Waals surface area contributed by atoms with Gasteiger partial charge in [0.1, 0.15) is 5.75 Å². The van der Waals surface area contributed by atoms with Crippen LogP contribution in [0.2, 0.25) is 0 Å². The first kappa shape index (κ1) is 19.1. The lowest BCUT2D eigenvalue weighted by Gasteiger charge is -2.11. The number of carbonyl (C=O) groups is 2. The van der Waals surface area contributed by atoms with E-state index in [0.717, 1.165) is 17.3 Å². The Labute approximate surface area is 176 Å². The Bertz CT molecular complexity index is 1050. The second kappa shape index (κ2) is 8.45. The maximum Gasteiger partial charge on any atom is 0.257 e. The van der Waals surface area contributed by atoms with E-state index >= 15 is 0 Å². The fraction of sp³-hybridized carbons (Fsp3) is 0.136. The Balaban J connectivity index is 1.44. The van der Waals surface area contributed by atoms with Crippen LogP contribution in [0.15, 0.2) is 71.3 Å². The minimum Gasteiger partial charge on any atom is -0.439 e. The van der Waals surface area contributed by atoms with Crippen LogP contribution in [-0.2, 0) is 0 Å². The predicted octanol–water partition coefficient (Wildman–Crippen LogP) is 4.78. The van der Waals surface area contributed by atoms with Crippen molar-refractivity contribution in [1.82, 2.24) is 10.3 Å². The summed E-state index contributed by atoms with van der Waals surface area (Å²) in [6.45, 7) is 0. The fourth-order valence-corrected chi connectivity index (χ4v) is 3.08. The molecule has 1 fully saturated rings. The van der Waals surface area contributed by atoms with E-state index in [-0.39, 0.29) is 17.9 Å². The first-order chi connectivity index (χ1) is 14.1. The summed E-state index contributed by atoms with van der Waals surface area (Å²) in [6.07, 6.45) is 3.44. The van der Waals surface area contributed by atoms with Gasteiger partial charge < -0.3 is 15.4 Å². The molecule has 7 heteroatoms. The van der Waals surface area contributed by atoms with Gasteiger partial charge in [0.15, 0.2) is 0 Å². The number of hydrogen-bond acceptors (Lipinski definition) is 4. The molecular formula is C22H18BrN3O3. The Kier molecular flexibility index (Phi) is 5.57. The molecule has 1 aliphatic rings. The van der Waals surface area contributed by atoms with Crippen LogP contribution in [-0.4, -0.2) is 22.8 Å². The highest BCUT2D eigenvalue weighted by Crippen LogP contribution is 2.24. The van der Waals surface area contributed by atoms with Gasteiger partial charge in [0.25, 0.3) is 11.8 Å². The molecule has 2 N–H and O–H groups in total. The van der Waals surface area contributed by atoms with Crippen LogP contribution in [0.4, 0.5) is 5.69 Å². The zero-order valence-electron chi connectivity index (χ0n) is 15.4. The van der Waals surface area contributed by atoms with Crippen molar-refractivity contribution < 1.29 is 14.3 Å². The van der Waals surface area contributed by atoms with Crippen LogP contribution in [0.1, 0.15) is 33.6 Å². The molecule has 1 saturated carbocycles. The molecule has 6 nitrogen and oxygen atoms in total. The van der Waals surface area contributed by atoms with E-state index in [1.54, 1.807) is 36.4 Å². The van der Waals surface area contributed by atoms with Crippen LogP contribution in [0.3, 0.4) is 0 Å². The molecule has 2 aromatic carbocycles. The molecule has 0 aliphatic heterocycles. The number of rotatable bonds is 6. The number of nitrogens with zero attached hydrogens (tertiary/aromatic N) is 1. The summed E-state index contributed by atoms with van der Waals surface area (Å²) in [7, 11) is 0. The number of carbonyl (C=O) groups excluding carboxylic acids is 2. The summed E-state index contributed by atoms with van der Waals surface area (Å²) in [5, 5.41) is 5.73. The van der Waals surface area contributed by atoms with Crippen molar-refractivity contribution in [2.75, 3.05) is 5.32 Å². The van der Waals surface area contributed by atoms with Gasteiger partial charge in [-0.2, -0.15) is 0 Å². The van der Waals surface area contributed by atoms with Crippen molar-refractivity contribution in [3.05, 3.63) is 82.5 Å². The maximum atomic E-state index is 12.6. The number of pyridine rings is 1. The first-order valence-electron chi connectivity index (χ1n) is 9.19. The summed E-state index contributed by atoms with van der Waals surface area (Å²) < 4.78 is 6.58. The minimum atomic E-state index is -0.349. The first-order valence-corrected chi connectivity index (χ1v) is 9.98. The molecule has 0 unspecified atom stereocenters. The quantitative estimate of drug-likeness (QED) is 0.564. The lowest BCUT2D eigenvalue weighted by Crippen LogP contribution is -2.27. The normalized spacial score (nSPS) is 12.9. The summed E-state index contributed by atoms with van der Waals surface area (Å²) in [6, 6.07) is 17.8. The van der Waals surface area contributed by atoms with E-state index in [1.165, 1.54) is 6.20 Å². The van der Waals surface area contributed by atoms with Crippen molar-refractivity contribution in [2.45, 2.75) is 18.9 Å². The number of amides is 2. The summed E-state index contributed by atoms with van der Waals surface area (Å²) >= 11 is 3.39. The van der Waals surface area contributed by atoms with E-state index < -0.39 is 0 Å². The molecule has 1 aliphatic carbocycles. The van der Waals surface area contributed by atoms with Crippen LogP contribution in [0.5, 0.6) is 11.6 Å². The summed E-state index contributed by atoms with van der Waals surface area (Å²) in [4.78, 5) is 29.2. The highest BCUT2D eigenvalue weighted by molar-refractivity contribution is 9.10. The monoisotopic (exact) mass is 451 g/mol. The molecule has 2 amide bonds. The van der Waals surface area contributed by atoms with Gasteiger partial charge in [-0.1, -0.05) is 34.1 Å². The average molecular weight is 452 g/mol. The van der Waals surface area contributed by atoms with Gasteiger partial charge in [0.2, 0.25) is 5.88 Å². The smallest absolute Gasteiger partial charge is 0.257 e. The van der Waals surface area contributed by atoms with Gasteiger partial charge in [0, 0.05) is 22.8 Å². The van der Waals surface area contributed by atoms with Gasteiger partial charge >= 0.3 is 0 Å². The Morgan fingerprint density at radius 1 is 1.00 bits per heavy atom. The van der Waals surface area contributed by atoms with Crippen molar-refractivity contribution >= 4 is 33.4 Å². The van der Waals surface area contributed by atoms with Crippen molar-refractivity contribution in [2.24, 2.45) is 0 Å². The average Bonchev–Trinajstić information content (AvgIpc) is 3.53.